The van der Waals surface area contributed by atoms with Crippen LogP contribution < -0.4 is 4.90 Å². The van der Waals surface area contributed by atoms with Crippen LogP contribution in [0.3, 0.4) is 0 Å². The van der Waals surface area contributed by atoms with Crippen molar-refractivity contribution in [3.05, 3.63) is 29.8 Å². The first-order valence-corrected chi connectivity index (χ1v) is 6.59. The van der Waals surface area contributed by atoms with Crippen molar-refractivity contribution in [1.29, 1.82) is 0 Å². The Kier molecular flexibility index (Phi) is 6.06. The lowest BCUT2D eigenvalue weighted by atomic mass is 10.1. The molecule has 2 rings (SSSR count). The molecule has 2 heteroatoms. The average molecular weight is 235 g/mol. The van der Waals surface area contributed by atoms with Crippen LogP contribution in [0.1, 0.15) is 38.7 Å². The summed E-state index contributed by atoms with van der Waals surface area (Å²) in [5, 5.41) is 8.06. The molecule has 1 saturated heterocycles. The first-order chi connectivity index (χ1) is 8.09. The molecule has 96 valence electrons. The molecule has 1 aliphatic heterocycles. The quantitative estimate of drug-likeness (QED) is 0.806. The highest BCUT2D eigenvalue weighted by molar-refractivity contribution is 5.47. The molecule has 0 aromatic heterocycles. The number of nitrogens with zero attached hydrogens (tertiary/aromatic N) is 1. The van der Waals surface area contributed by atoms with Crippen molar-refractivity contribution >= 4 is 5.69 Å². The molecule has 0 spiro atoms. The lowest BCUT2D eigenvalue weighted by Crippen LogP contribution is -2.29. The van der Waals surface area contributed by atoms with Gasteiger partial charge in [-0.2, -0.15) is 0 Å². The van der Waals surface area contributed by atoms with E-state index in [1.807, 2.05) is 0 Å². The van der Waals surface area contributed by atoms with E-state index >= 15 is 0 Å². The number of piperidine rings is 1. The number of rotatable bonds is 1. The highest BCUT2D eigenvalue weighted by Gasteiger charge is 2.09. The van der Waals surface area contributed by atoms with Crippen molar-refractivity contribution in [2.75, 3.05) is 18.0 Å². The topological polar surface area (TPSA) is 23.5 Å². The highest BCUT2D eigenvalue weighted by atomic mass is 16.3. The number of aliphatic hydroxyl groups excluding tert-OH is 1. The minimum Gasteiger partial charge on any atom is -0.394 e. The summed E-state index contributed by atoms with van der Waals surface area (Å²) in [5.74, 6) is 0. The van der Waals surface area contributed by atoms with Crippen molar-refractivity contribution in [3.63, 3.8) is 0 Å². The largest absolute Gasteiger partial charge is 0.394 e. The third kappa shape index (κ3) is 5.73. The third-order valence-corrected chi connectivity index (χ3v) is 2.76. The molecule has 2 nitrogen and oxygen atoms in total. The Labute approximate surface area is 105 Å². The van der Waals surface area contributed by atoms with E-state index in [-0.39, 0.29) is 6.10 Å². The number of aryl methyl sites for hydroxylation is 1. The lowest BCUT2D eigenvalue weighted by Gasteiger charge is -2.28. The fourth-order valence-electron chi connectivity index (χ4n) is 1.91. The van der Waals surface area contributed by atoms with Crippen LogP contribution in [-0.4, -0.2) is 24.3 Å². The van der Waals surface area contributed by atoms with E-state index in [1.54, 1.807) is 13.8 Å². The van der Waals surface area contributed by atoms with Crippen molar-refractivity contribution < 1.29 is 5.11 Å². The van der Waals surface area contributed by atoms with E-state index in [1.165, 1.54) is 43.6 Å². The van der Waals surface area contributed by atoms with Crippen molar-refractivity contribution in [2.24, 2.45) is 0 Å². The van der Waals surface area contributed by atoms with E-state index < -0.39 is 0 Å². The van der Waals surface area contributed by atoms with Gasteiger partial charge < -0.3 is 10.0 Å². The molecule has 1 fully saturated rings. The Morgan fingerprint density at radius 1 is 1.00 bits per heavy atom. The van der Waals surface area contributed by atoms with Crippen LogP contribution >= 0.6 is 0 Å². The van der Waals surface area contributed by atoms with Gasteiger partial charge in [-0.05, 0) is 52.2 Å². The molecule has 1 N–H and O–H groups in total. The Balaban J connectivity index is 0.000000317. The smallest absolute Gasteiger partial charge is 0.0483 e. The summed E-state index contributed by atoms with van der Waals surface area (Å²) in [6.07, 6.45) is 3.95. The molecule has 0 unspecified atom stereocenters. The predicted octanol–water partition coefficient (Wildman–Crippen LogP) is 3.37. The number of aliphatic hydroxyl groups is 1. The number of hydrogen-bond acceptors (Lipinski definition) is 2. The maximum absolute atomic E-state index is 8.06. The number of benzene rings is 1. The summed E-state index contributed by atoms with van der Waals surface area (Å²) in [7, 11) is 0. The molecule has 0 atom stereocenters. The first-order valence-electron chi connectivity index (χ1n) is 6.59. The van der Waals surface area contributed by atoms with Gasteiger partial charge in [-0.1, -0.05) is 17.7 Å². The zero-order chi connectivity index (χ0) is 12.7. The van der Waals surface area contributed by atoms with Gasteiger partial charge in [-0.15, -0.1) is 0 Å². The van der Waals surface area contributed by atoms with Crippen LogP contribution in [0, 0.1) is 6.92 Å². The van der Waals surface area contributed by atoms with Crippen LogP contribution in [0.25, 0.3) is 0 Å². The summed E-state index contributed by atoms with van der Waals surface area (Å²) in [4.78, 5) is 2.49. The Bertz CT molecular complexity index is 296. The molecule has 0 aliphatic carbocycles. The van der Waals surface area contributed by atoms with Gasteiger partial charge in [0.25, 0.3) is 0 Å². The molecule has 1 aliphatic rings. The second-order valence-electron chi connectivity index (χ2n) is 4.98. The molecule has 1 aromatic carbocycles. The van der Waals surface area contributed by atoms with Crippen LogP contribution in [0.4, 0.5) is 5.69 Å². The van der Waals surface area contributed by atoms with Crippen molar-refractivity contribution in [1.82, 2.24) is 0 Å². The second kappa shape index (κ2) is 7.33. The first kappa shape index (κ1) is 14.0. The van der Waals surface area contributed by atoms with E-state index in [0.717, 1.165) is 0 Å². The van der Waals surface area contributed by atoms with E-state index in [9.17, 15) is 0 Å². The second-order valence-corrected chi connectivity index (χ2v) is 4.98. The van der Waals surface area contributed by atoms with Crippen LogP contribution in [0.15, 0.2) is 24.3 Å². The van der Waals surface area contributed by atoms with Crippen LogP contribution in [0.2, 0.25) is 0 Å². The van der Waals surface area contributed by atoms with Crippen molar-refractivity contribution in [2.45, 2.75) is 46.1 Å². The maximum Gasteiger partial charge on any atom is 0.0483 e. The molecule has 0 saturated carbocycles. The number of anilines is 1. The standard InChI is InChI=1S/C12H17N.C3H8O/c1-11-5-7-12(8-6-11)13-9-3-2-4-10-13;1-3(2)4/h5-8H,2-4,9-10H2,1H3;3-4H,1-2H3. The molecular weight excluding hydrogens is 210 g/mol. The summed E-state index contributed by atoms with van der Waals surface area (Å²) in [6.45, 7) is 8.06. The van der Waals surface area contributed by atoms with Gasteiger partial charge in [0.15, 0.2) is 0 Å². The lowest BCUT2D eigenvalue weighted by molar-refractivity contribution is 0.216. The molecule has 0 amide bonds. The molecule has 0 radical (unpaired) electrons. The van der Waals surface area contributed by atoms with Gasteiger partial charge in [0, 0.05) is 24.9 Å². The summed E-state index contributed by atoms with van der Waals surface area (Å²) in [5.41, 5.74) is 2.74. The number of hydrogen-bond donors (Lipinski definition) is 1. The maximum atomic E-state index is 8.06. The summed E-state index contributed by atoms with van der Waals surface area (Å²) < 4.78 is 0. The van der Waals surface area contributed by atoms with E-state index in [4.69, 9.17) is 5.11 Å². The zero-order valence-corrected chi connectivity index (χ0v) is 11.3. The van der Waals surface area contributed by atoms with Gasteiger partial charge >= 0.3 is 0 Å². The fourth-order valence-corrected chi connectivity index (χ4v) is 1.91. The summed E-state index contributed by atoms with van der Waals surface area (Å²) >= 11 is 0. The third-order valence-electron chi connectivity index (χ3n) is 2.76. The van der Waals surface area contributed by atoms with Gasteiger partial charge in [0.1, 0.15) is 0 Å². The SMILES string of the molecule is CC(C)O.Cc1ccc(N2CCCCC2)cc1. The molecule has 1 heterocycles. The normalized spacial score (nSPS) is 15.5. The fraction of sp³-hybridized carbons (Fsp3) is 0.600. The predicted molar refractivity (Wildman–Crippen MR) is 74.6 cm³/mol. The van der Waals surface area contributed by atoms with E-state index in [2.05, 4.69) is 36.1 Å². The highest BCUT2D eigenvalue weighted by Crippen LogP contribution is 2.19. The van der Waals surface area contributed by atoms with Crippen LogP contribution in [0.5, 0.6) is 0 Å². The van der Waals surface area contributed by atoms with Gasteiger partial charge in [-0.25, -0.2) is 0 Å². The molecule has 0 bridgehead atoms. The van der Waals surface area contributed by atoms with E-state index in [0.29, 0.717) is 0 Å². The summed E-state index contributed by atoms with van der Waals surface area (Å²) in [6, 6.07) is 8.87. The average Bonchev–Trinajstić information content (AvgIpc) is 2.30. The monoisotopic (exact) mass is 235 g/mol. The molecular formula is C15H25NO. The van der Waals surface area contributed by atoms with Gasteiger partial charge in [0.05, 0.1) is 0 Å². The minimum absolute atomic E-state index is 0.167. The Morgan fingerprint density at radius 2 is 1.47 bits per heavy atom. The van der Waals surface area contributed by atoms with Crippen LogP contribution in [-0.2, 0) is 0 Å². The van der Waals surface area contributed by atoms with Gasteiger partial charge in [0.2, 0.25) is 0 Å². The zero-order valence-electron chi connectivity index (χ0n) is 11.3. The minimum atomic E-state index is -0.167. The molecule has 1 aromatic rings. The Morgan fingerprint density at radius 3 is 1.94 bits per heavy atom. The Hall–Kier alpha value is -1.02. The molecule has 17 heavy (non-hydrogen) atoms. The van der Waals surface area contributed by atoms with Gasteiger partial charge in [-0.3, -0.25) is 0 Å². The van der Waals surface area contributed by atoms with Crippen molar-refractivity contribution in [3.8, 4) is 0 Å².